The molecule has 108 valence electrons. The Morgan fingerprint density at radius 3 is 2.20 bits per heavy atom. The first-order chi connectivity index (χ1) is 9.60. The predicted octanol–water partition coefficient (Wildman–Crippen LogP) is 1.45. The highest BCUT2D eigenvalue weighted by molar-refractivity contribution is 5.79. The molecule has 1 aliphatic rings. The molecule has 1 amide bonds. The Kier molecular flexibility index (Phi) is 4.12. The first-order valence-corrected chi connectivity index (χ1v) is 6.29. The zero-order valence-corrected chi connectivity index (χ0v) is 11.4. The lowest BCUT2D eigenvalue weighted by atomic mass is 10.0. The summed E-state index contributed by atoms with van der Waals surface area (Å²) >= 11 is 0. The Bertz CT molecular complexity index is 490. The van der Waals surface area contributed by atoms with Gasteiger partial charge < -0.3 is 19.5 Å². The number of rotatable bonds is 7. The van der Waals surface area contributed by atoms with Gasteiger partial charge in [0.25, 0.3) is 0 Å². The summed E-state index contributed by atoms with van der Waals surface area (Å²) in [4.78, 5) is 24.1. The highest BCUT2D eigenvalue weighted by Gasteiger charge is 2.37. The molecule has 1 unspecified atom stereocenters. The van der Waals surface area contributed by atoms with Gasteiger partial charge in [-0.15, -0.1) is 0 Å². The van der Waals surface area contributed by atoms with Gasteiger partial charge in [0.05, 0.1) is 14.2 Å². The molecule has 1 aromatic rings. The number of methoxy groups -OCH3 is 2. The number of hydrogen-bond donors (Lipinski definition) is 1. The number of carbonyl (C=O) groups excluding carboxylic acids is 1. The van der Waals surface area contributed by atoms with E-state index in [1.54, 1.807) is 18.2 Å². The van der Waals surface area contributed by atoms with Gasteiger partial charge in [0.2, 0.25) is 6.41 Å². The van der Waals surface area contributed by atoms with Gasteiger partial charge in [0, 0.05) is 12.1 Å². The van der Waals surface area contributed by atoms with Crippen LogP contribution < -0.4 is 9.47 Å². The van der Waals surface area contributed by atoms with Crippen molar-refractivity contribution in [3.8, 4) is 11.5 Å². The topological polar surface area (TPSA) is 76.1 Å². The van der Waals surface area contributed by atoms with Gasteiger partial charge in [-0.2, -0.15) is 0 Å². The molecule has 1 fully saturated rings. The van der Waals surface area contributed by atoms with E-state index in [4.69, 9.17) is 9.47 Å². The number of amides is 1. The van der Waals surface area contributed by atoms with Gasteiger partial charge in [-0.25, -0.2) is 4.79 Å². The molecule has 2 rings (SSSR count). The lowest BCUT2D eigenvalue weighted by molar-refractivity contribution is -0.147. The van der Waals surface area contributed by atoms with E-state index in [0.717, 1.165) is 12.8 Å². The zero-order chi connectivity index (χ0) is 14.7. The normalized spacial score (nSPS) is 15.3. The van der Waals surface area contributed by atoms with Crippen LogP contribution in [0.1, 0.15) is 24.4 Å². The van der Waals surface area contributed by atoms with Crippen LogP contribution in [0.4, 0.5) is 0 Å². The van der Waals surface area contributed by atoms with E-state index in [9.17, 15) is 14.7 Å². The van der Waals surface area contributed by atoms with E-state index in [1.807, 2.05) is 0 Å². The average molecular weight is 279 g/mol. The molecule has 20 heavy (non-hydrogen) atoms. The fourth-order valence-electron chi connectivity index (χ4n) is 2.16. The quantitative estimate of drug-likeness (QED) is 0.764. The first kappa shape index (κ1) is 14.2. The Morgan fingerprint density at radius 2 is 1.85 bits per heavy atom. The minimum atomic E-state index is -1.07. The largest absolute Gasteiger partial charge is 0.497 e. The lowest BCUT2D eigenvalue weighted by Gasteiger charge is -2.25. The van der Waals surface area contributed by atoms with Crippen molar-refractivity contribution in [2.24, 2.45) is 0 Å². The summed E-state index contributed by atoms with van der Waals surface area (Å²) in [5, 5.41) is 9.45. The maximum atomic E-state index is 11.5. The second-order valence-corrected chi connectivity index (χ2v) is 4.67. The number of benzene rings is 1. The van der Waals surface area contributed by atoms with Gasteiger partial charge in [0.1, 0.15) is 11.5 Å². The Morgan fingerprint density at radius 1 is 1.30 bits per heavy atom. The van der Waals surface area contributed by atoms with E-state index in [-0.39, 0.29) is 6.04 Å². The van der Waals surface area contributed by atoms with Crippen LogP contribution in [0.3, 0.4) is 0 Å². The number of hydrogen-bond acceptors (Lipinski definition) is 4. The van der Waals surface area contributed by atoms with Crippen molar-refractivity contribution in [3.05, 3.63) is 23.8 Å². The van der Waals surface area contributed by atoms with E-state index in [0.29, 0.717) is 23.5 Å². The van der Waals surface area contributed by atoms with Crippen molar-refractivity contribution in [1.29, 1.82) is 0 Å². The summed E-state index contributed by atoms with van der Waals surface area (Å²) in [6.07, 6.45) is 2.27. The molecule has 0 aliphatic heterocycles. The summed E-state index contributed by atoms with van der Waals surface area (Å²) < 4.78 is 10.3. The van der Waals surface area contributed by atoms with Crippen LogP contribution in [0.5, 0.6) is 11.5 Å². The second-order valence-electron chi connectivity index (χ2n) is 4.67. The van der Waals surface area contributed by atoms with Crippen LogP contribution in [-0.2, 0) is 9.59 Å². The van der Waals surface area contributed by atoms with E-state index in [2.05, 4.69) is 0 Å². The van der Waals surface area contributed by atoms with Crippen LogP contribution in [0, 0.1) is 0 Å². The summed E-state index contributed by atoms with van der Waals surface area (Å²) in [5.41, 5.74) is 0.465. The summed E-state index contributed by atoms with van der Waals surface area (Å²) in [5.74, 6) is -0.0844. The van der Waals surface area contributed by atoms with E-state index in [1.165, 1.54) is 19.1 Å². The van der Waals surface area contributed by atoms with E-state index < -0.39 is 12.0 Å². The van der Waals surface area contributed by atoms with Crippen LogP contribution in [0.15, 0.2) is 18.2 Å². The molecule has 0 heterocycles. The third-order valence-corrected chi connectivity index (χ3v) is 3.31. The molecule has 1 atom stereocenters. The monoisotopic (exact) mass is 279 g/mol. The maximum Gasteiger partial charge on any atom is 0.331 e. The number of carbonyl (C=O) groups is 2. The van der Waals surface area contributed by atoms with Crippen molar-refractivity contribution in [2.45, 2.75) is 24.9 Å². The molecule has 0 saturated heterocycles. The molecule has 6 heteroatoms. The number of aliphatic carboxylic acids is 1. The fourth-order valence-corrected chi connectivity index (χ4v) is 2.16. The highest BCUT2D eigenvalue weighted by atomic mass is 16.5. The van der Waals surface area contributed by atoms with Crippen LogP contribution in [0.25, 0.3) is 0 Å². The van der Waals surface area contributed by atoms with Gasteiger partial charge in [-0.1, -0.05) is 0 Å². The Balaban J connectivity index is 2.42. The molecule has 0 radical (unpaired) electrons. The number of carboxylic acid groups (broad SMARTS) is 1. The van der Waals surface area contributed by atoms with Crippen molar-refractivity contribution in [1.82, 2.24) is 4.90 Å². The molecule has 1 aliphatic carbocycles. The number of nitrogens with zero attached hydrogens (tertiary/aromatic N) is 1. The second kappa shape index (κ2) is 5.81. The number of carboxylic acids is 1. The van der Waals surface area contributed by atoms with Crippen LogP contribution in [-0.4, -0.2) is 42.6 Å². The van der Waals surface area contributed by atoms with Gasteiger partial charge in [-0.05, 0) is 30.5 Å². The van der Waals surface area contributed by atoms with Crippen LogP contribution in [0.2, 0.25) is 0 Å². The summed E-state index contributed by atoms with van der Waals surface area (Å²) in [6, 6.07) is 3.86. The van der Waals surface area contributed by atoms with E-state index >= 15 is 0 Å². The first-order valence-electron chi connectivity index (χ1n) is 6.29. The maximum absolute atomic E-state index is 11.5. The molecular formula is C14H17NO5. The van der Waals surface area contributed by atoms with Crippen molar-refractivity contribution in [2.75, 3.05) is 14.2 Å². The molecule has 0 spiro atoms. The van der Waals surface area contributed by atoms with Crippen LogP contribution >= 0.6 is 0 Å². The SMILES string of the molecule is COc1cc(OC)cc(C(C(=O)O)N(C=O)C2CC2)c1. The highest BCUT2D eigenvalue weighted by Crippen LogP contribution is 2.35. The standard InChI is InChI=1S/C14H17NO5/c1-19-11-5-9(6-12(7-11)20-2)13(14(17)18)15(8-16)10-3-4-10/h5-8,10,13H,3-4H2,1-2H3,(H,17,18). The molecule has 0 bridgehead atoms. The van der Waals surface area contributed by atoms with Gasteiger partial charge >= 0.3 is 5.97 Å². The molecule has 1 aromatic carbocycles. The predicted molar refractivity (Wildman–Crippen MR) is 70.8 cm³/mol. The van der Waals surface area contributed by atoms with Crippen molar-refractivity contribution in [3.63, 3.8) is 0 Å². The molecule has 1 saturated carbocycles. The Hall–Kier alpha value is -2.24. The lowest BCUT2D eigenvalue weighted by Crippen LogP contribution is -2.34. The molecule has 6 nitrogen and oxygen atoms in total. The zero-order valence-electron chi connectivity index (χ0n) is 11.4. The van der Waals surface area contributed by atoms with Gasteiger partial charge in [0.15, 0.2) is 6.04 Å². The fraction of sp³-hybridized carbons (Fsp3) is 0.429. The van der Waals surface area contributed by atoms with Crippen molar-refractivity contribution >= 4 is 12.4 Å². The smallest absolute Gasteiger partial charge is 0.331 e. The summed E-state index contributed by atoms with van der Waals surface area (Å²) in [7, 11) is 2.99. The molecule has 0 aromatic heterocycles. The number of ether oxygens (including phenoxy) is 2. The Labute approximate surface area is 116 Å². The van der Waals surface area contributed by atoms with Crippen molar-refractivity contribution < 1.29 is 24.2 Å². The summed E-state index contributed by atoms with van der Waals surface area (Å²) in [6.45, 7) is 0. The minimum Gasteiger partial charge on any atom is -0.497 e. The third-order valence-electron chi connectivity index (χ3n) is 3.31. The molecular weight excluding hydrogens is 262 g/mol. The van der Waals surface area contributed by atoms with Gasteiger partial charge in [-0.3, -0.25) is 4.79 Å². The third kappa shape index (κ3) is 2.84. The minimum absolute atomic E-state index is 0.00537. The average Bonchev–Trinajstić information content (AvgIpc) is 3.27. The molecule has 1 N–H and O–H groups in total.